The fourth-order valence-electron chi connectivity index (χ4n) is 1.58. The number of halogens is 5. The zero-order valence-electron chi connectivity index (χ0n) is 10.4. The molecule has 19 heavy (non-hydrogen) atoms. The van der Waals surface area contributed by atoms with Crippen molar-refractivity contribution in [2.75, 3.05) is 0 Å². The molecule has 0 saturated heterocycles. The largest absolute Gasteiger partial charge is 0.419 e. The van der Waals surface area contributed by atoms with Gasteiger partial charge < -0.3 is 10.8 Å². The van der Waals surface area contributed by atoms with Crippen LogP contribution in [0.5, 0.6) is 0 Å². The summed E-state index contributed by atoms with van der Waals surface area (Å²) in [6, 6.07) is 1.53. The van der Waals surface area contributed by atoms with Crippen LogP contribution in [0.25, 0.3) is 0 Å². The van der Waals surface area contributed by atoms with Gasteiger partial charge in [0.1, 0.15) is 5.82 Å². The van der Waals surface area contributed by atoms with Gasteiger partial charge in [-0.3, -0.25) is 0 Å². The Labute approximate surface area is 115 Å². The topological polar surface area (TPSA) is 46.2 Å². The molecule has 2 nitrogen and oxygen atoms in total. The Hall–Kier alpha value is -0.850. The monoisotopic (exact) mass is 301 g/mol. The molecule has 0 unspecified atom stereocenters. The van der Waals surface area contributed by atoms with Crippen molar-refractivity contribution >= 4 is 12.4 Å². The number of aliphatic hydroxyl groups excluding tert-OH is 1. The molecule has 0 radical (unpaired) electrons. The van der Waals surface area contributed by atoms with Gasteiger partial charge in [0.05, 0.1) is 17.7 Å². The highest BCUT2D eigenvalue weighted by atomic mass is 35.5. The first-order valence-corrected chi connectivity index (χ1v) is 5.45. The third kappa shape index (κ3) is 4.33. The van der Waals surface area contributed by atoms with Gasteiger partial charge in [-0.1, -0.05) is 19.9 Å². The summed E-state index contributed by atoms with van der Waals surface area (Å²) in [5, 5.41) is 9.71. The fourth-order valence-corrected chi connectivity index (χ4v) is 1.58. The van der Waals surface area contributed by atoms with E-state index in [-0.39, 0.29) is 23.9 Å². The van der Waals surface area contributed by atoms with Crippen LogP contribution in [0.1, 0.15) is 31.0 Å². The first kappa shape index (κ1) is 18.1. The maximum absolute atomic E-state index is 13.1. The smallest absolute Gasteiger partial charge is 0.391 e. The number of rotatable bonds is 3. The molecule has 0 saturated carbocycles. The molecule has 0 aliphatic heterocycles. The molecule has 0 amide bonds. The lowest BCUT2D eigenvalue weighted by Crippen LogP contribution is -2.30. The van der Waals surface area contributed by atoms with Gasteiger partial charge in [0.15, 0.2) is 0 Å². The van der Waals surface area contributed by atoms with Crippen molar-refractivity contribution < 1.29 is 22.7 Å². The molecule has 0 aromatic heterocycles. The van der Waals surface area contributed by atoms with Crippen LogP contribution in [0.4, 0.5) is 17.6 Å². The van der Waals surface area contributed by atoms with E-state index < -0.39 is 29.7 Å². The minimum Gasteiger partial charge on any atom is -0.391 e. The van der Waals surface area contributed by atoms with Crippen LogP contribution in [-0.4, -0.2) is 11.2 Å². The maximum atomic E-state index is 13.1. The number of aliphatic hydroxyl groups is 1. The molecule has 1 aromatic rings. The van der Waals surface area contributed by atoms with E-state index in [1.54, 1.807) is 13.8 Å². The minimum absolute atomic E-state index is 0. The van der Waals surface area contributed by atoms with Gasteiger partial charge in [0.25, 0.3) is 0 Å². The summed E-state index contributed by atoms with van der Waals surface area (Å²) in [4.78, 5) is 0. The molecule has 1 aromatic carbocycles. The highest BCUT2D eigenvalue weighted by molar-refractivity contribution is 5.85. The van der Waals surface area contributed by atoms with E-state index in [9.17, 15) is 22.7 Å². The van der Waals surface area contributed by atoms with Gasteiger partial charge in [-0.05, 0) is 23.6 Å². The number of alkyl halides is 3. The third-order valence-electron chi connectivity index (χ3n) is 2.73. The Morgan fingerprint density at radius 3 is 2.16 bits per heavy atom. The second kappa shape index (κ2) is 6.54. The van der Waals surface area contributed by atoms with Crippen LogP contribution in [0.2, 0.25) is 0 Å². The highest BCUT2D eigenvalue weighted by Crippen LogP contribution is 2.33. The van der Waals surface area contributed by atoms with Crippen molar-refractivity contribution in [2.24, 2.45) is 11.7 Å². The van der Waals surface area contributed by atoms with Crippen molar-refractivity contribution in [3.63, 3.8) is 0 Å². The van der Waals surface area contributed by atoms with Crippen molar-refractivity contribution in [1.82, 2.24) is 0 Å². The predicted molar refractivity (Wildman–Crippen MR) is 66.4 cm³/mol. The zero-order chi connectivity index (χ0) is 14.1. The molecular formula is C12H16ClF4NO. The Morgan fingerprint density at radius 2 is 1.74 bits per heavy atom. The van der Waals surface area contributed by atoms with Gasteiger partial charge >= 0.3 is 6.18 Å². The normalized spacial score (nSPS) is 15.0. The second-order valence-electron chi connectivity index (χ2n) is 4.50. The average molecular weight is 302 g/mol. The van der Waals surface area contributed by atoms with E-state index in [1.165, 1.54) is 0 Å². The zero-order valence-corrected chi connectivity index (χ0v) is 11.2. The molecule has 7 heteroatoms. The van der Waals surface area contributed by atoms with E-state index in [4.69, 9.17) is 5.73 Å². The lowest BCUT2D eigenvalue weighted by molar-refractivity contribution is -0.140. The second-order valence-corrected chi connectivity index (χ2v) is 4.50. The quantitative estimate of drug-likeness (QED) is 0.842. The van der Waals surface area contributed by atoms with Gasteiger partial charge in [-0.15, -0.1) is 12.4 Å². The van der Waals surface area contributed by atoms with Crippen LogP contribution in [0.3, 0.4) is 0 Å². The number of benzene rings is 1. The highest BCUT2D eigenvalue weighted by Gasteiger charge is 2.35. The molecule has 0 heterocycles. The number of hydrogen-bond acceptors (Lipinski definition) is 2. The molecule has 0 aliphatic rings. The van der Waals surface area contributed by atoms with Crippen LogP contribution >= 0.6 is 12.4 Å². The van der Waals surface area contributed by atoms with Crippen molar-refractivity contribution in [1.29, 1.82) is 0 Å². The van der Waals surface area contributed by atoms with Crippen LogP contribution in [0.15, 0.2) is 18.2 Å². The van der Waals surface area contributed by atoms with E-state index in [2.05, 4.69) is 0 Å². The molecular weight excluding hydrogens is 286 g/mol. The summed E-state index contributed by atoms with van der Waals surface area (Å²) in [6.07, 6.45) is -5.76. The maximum Gasteiger partial charge on any atom is 0.419 e. The van der Waals surface area contributed by atoms with Crippen LogP contribution in [0, 0.1) is 11.7 Å². The summed E-state index contributed by atoms with van der Waals surface area (Å²) in [5.74, 6) is -1.56. The lowest BCUT2D eigenvalue weighted by atomic mass is 9.93. The Bertz CT molecular complexity index is 423. The summed E-state index contributed by atoms with van der Waals surface area (Å²) in [7, 11) is 0. The molecule has 3 N–H and O–H groups in total. The van der Waals surface area contributed by atoms with Crippen LogP contribution < -0.4 is 5.73 Å². The van der Waals surface area contributed by atoms with Gasteiger partial charge in [-0.2, -0.15) is 13.2 Å². The summed E-state index contributed by atoms with van der Waals surface area (Å²) in [6.45, 7) is 3.39. The number of hydrogen-bond donors (Lipinski definition) is 2. The van der Waals surface area contributed by atoms with Crippen molar-refractivity contribution in [3.05, 3.63) is 35.1 Å². The average Bonchev–Trinajstić information content (AvgIpc) is 2.26. The van der Waals surface area contributed by atoms with Gasteiger partial charge in [0, 0.05) is 0 Å². The van der Waals surface area contributed by atoms with E-state index in [1.807, 2.05) is 0 Å². The fraction of sp³-hybridized carbons (Fsp3) is 0.500. The first-order chi connectivity index (χ1) is 8.14. The Balaban J connectivity index is 0.00000324. The summed E-state index contributed by atoms with van der Waals surface area (Å²) in [5.41, 5.74) is 4.35. The van der Waals surface area contributed by atoms with E-state index in [0.29, 0.717) is 12.1 Å². The van der Waals surface area contributed by atoms with Crippen molar-refractivity contribution in [2.45, 2.75) is 32.2 Å². The third-order valence-corrected chi connectivity index (χ3v) is 2.73. The molecule has 1 rings (SSSR count). The lowest BCUT2D eigenvalue weighted by Gasteiger charge is -2.23. The van der Waals surface area contributed by atoms with Gasteiger partial charge in [0.2, 0.25) is 0 Å². The van der Waals surface area contributed by atoms with Gasteiger partial charge in [-0.25, -0.2) is 4.39 Å². The summed E-state index contributed by atoms with van der Waals surface area (Å²) >= 11 is 0. The Kier molecular flexibility index (Phi) is 6.25. The first-order valence-electron chi connectivity index (χ1n) is 5.45. The summed E-state index contributed by atoms with van der Waals surface area (Å²) < 4.78 is 50.6. The number of nitrogens with two attached hydrogens (primary N) is 1. The predicted octanol–water partition coefficient (Wildman–Crippen LogP) is 3.28. The molecule has 2 atom stereocenters. The SMILES string of the molecule is CC(C)[C@@H](O)[C@@H](N)c1ccc(F)c(C(F)(F)F)c1.Cl. The van der Waals surface area contributed by atoms with Crippen LogP contribution in [-0.2, 0) is 6.18 Å². The minimum atomic E-state index is -4.78. The Morgan fingerprint density at radius 1 is 1.21 bits per heavy atom. The standard InChI is InChI=1S/C12H15F4NO.ClH/c1-6(2)11(18)10(17)7-3-4-9(13)8(5-7)12(14,15)16;/h3-6,10-11,18H,17H2,1-2H3;1H/t10-,11+;/m0./s1. The molecule has 0 aliphatic carbocycles. The molecule has 0 bridgehead atoms. The van der Waals surface area contributed by atoms with Crippen molar-refractivity contribution in [3.8, 4) is 0 Å². The molecule has 110 valence electrons. The molecule has 0 fully saturated rings. The van der Waals surface area contributed by atoms with E-state index >= 15 is 0 Å². The molecule has 0 spiro atoms. The van der Waals surface area contributed by atoms with E-state index in [0.717, 1.165) is 6.07 Å².